The van der Waals surface area contributed by atoms with Gasteiger partial charge in [-0.15, -0.1) is 0 Å². The molecular formula is C19H28Cl2N2O2. The largest absolute Gasteiger partial charge is 0.356 e. The van der Waals surface area contributed by atoms with Gasteiger partial charge in [0.1, 0.15) is 0 Å². The molecule has 0 aliphatic carbocycles. The highest BCUT2D eigenvalue weighted by molar-refractivity contribution is 6.42. The minimum Gasteiger partial charge on any atom is -0.356 e. The minimum absolute atomic E-state index is 0.0384. The van der Waals surface area contributed by atoms with Crippen molar-refractivity contribution < 1.29 is 9.59 Å². The molecule has 0 heterocycles. The van der Waals surface area contributed by atoms with Gasteiger partial charge in [-0.3, -0.25) is 9.59 Å². The summed E-state index contributed by atoms with van der Waals surface area (Å²) in [6, 6.07) is 5.48. The van der Waals surface area contributed by atoms with E-state index >= 15 is 0 Å². The fourth-order valence-electron chi connectivity index (χ4n) is 2.63. The van der Waals surface area contributed by atoms with E-state index in [-0.39, 0.29) is 11.8 Å². The van der Waals surface area contributed by atoms with E-state index in [2.05, 4.69) is 19.2 Å². The van der Waals surface area contributed by atoms with Crippen LogP contribution in [0.5, 0.6) is 0 Å². The smallest absolute Gasteiger partial charge is 0.222 e. The second kappa shape index (κ2) is 12.2. The van der Waals surface area contributed by atoms with E-state index in [4.69, 9.17) is 23.2 Å². The Balaban J connectivity index is 2.26. The molecule has 0 fully saturated rings. The van der Waals surface area contributed by atoms with Crippen LogP contribution in [0.1, 0.15) is 51.5 Å². The first-order valence-electron chi connectivity index (χ1n) is 8.96. The van der Waals surface area contributed by atoms with Crippen molar-refractivity contribution in [1.29, 1.82) is 0 Å². The second-order valence-electron chi connectivity index (χ2n) is 6.05. The highest BCUT2D eigenvalue weighted by Crippen LogP contribution is 2.25. The number of nitrogens with one attached hydrogen (secondary N) is 1. The maximum absolute atomic E-state index is 12.1. The highest BCUT2D eigenvalue weighted by Gasteiger charge is 2.12. The molecular weight excluding hydrogens is 359 g/mol. The van der Waals surface area contributed by atoms with Crippen LogP contribution >= 0.6 is 23.2 Å². The number of hydrogen-bond acceptors (Lipinski definition) is 2. The van der Waals surface area contributed by atoms with Gasteiger partial charge < -0.3 is 10.2 Å². The molecule has 140 valence electrons. The summed E-state index contributed by atoms with van der Waals surface area (Å²) in [5.41, 5.74) is 0.916. The zero-order chi connectivity index (χ0) is 18.7. The molecule has 0 aromatic heterocycles. The summed E-state index contributed by atoms with van der Waals surface area (Å²) in [6.07, 6.45) is 3.91. The van der Waals surface area contributed by atoms with Gasteiger partial charge in [-0.2, -0.15) is 0 Å². The van der Waals surface area contributed by atoms with Crippen LogP contribution in [-0.4, -0.2) is 36.3 Å². The molecule has 0 saturated carbocycles. The summed E-state index contributed by atoms with van der Waals surface area (Å²) >= 11 is 12.1. The van der Waals surface area contributed by atoms with E-state index in [1.165, 1.54) is 0 Å². The van der Waals surface area contributed by atoms with Gasteiger partial charge in [0.05, 0.1) is 10.0 Å². The second-order valence-corrected chi connectivity index (χ2v) is 6.83. The van der Waals surface area contributed by atoms with Gasteiger partial charge in [-0.05, 0) is 37.3 Å². The van der Waals surface area contributed by atoms with Gasteiger partial charge in [-0.1, -0.05) is 49.2 Å². The monoisotopic (exact) mass is 386 g/mol. The Labute approximate surface area is 160 Å². The molecule has 25 heavy (non-hydrogen) atoms. The van der Waals surface area contributed by atoms with Crippen molar-refractivity contribution >= 4 is 35.0 Å². The highest BCUT2D eigenvalue weighted by atomic mass is 35.5. The number of carbonyl (C=O) groups is 2. The van der Waals surface area contributed by atoms with E-state index in [0.717, 1.165) is 31.5 Å². The average molecular weight is 387 g/mol. The molecule has 6 heteroatoms. The van der Waals surface area contributed by atoms with Crippen molar-refractivity contribution in [1.82, 2.24) is 10.2 Å². The number of carbonyl (C=O) groups excluding carboxylic acids is 2. The first-order valence-corrected chi connectivity index (χ1v) is 9.72. The third-order valence-corrected chi connectivity index (χ3v) is 4.74. The van der Waals surface area contributed by atoms with Gasteiger partial charge in [-0.25, -0.2) is 0 Å². The third kappa shape index (κ3) is 8.10. The maximum Gasteiger partial charge on any atom is 0.222 e. The number of hydrogen-bond donors (Lipinski definition) is 1. The van der Waals surface area contributed by atoms with Crippen molar-refractivity contribution in [2.45, 2.75) is 52.4 Å². The van der Waals surface area contributed by atoms with Gasteiger partial charge in [0, 0.05) is 32.5 Å². The minimum atomic E-state index is -0.0384. The SMILES string of the molecule is CCCN(CCC)C(=O)CCCC(=O)NCCc1cccc(Cl)c1Cl. The van der Waals surface area contributed by atoms with Crippen LogP contribution in [-0.2, 0) is 16.0 Å². The molecule has 4 nitrogen and oxygen atoms in total. The summed E-state index contributed by atoms with van der Waals surface area (Å²) < 4.78 is 0. The van der Waals surface area contributed by atoms with E-state index in [1.54, 1.807) is 6.07 Å². The van der Waals surface area contributed by atoms with Crippen molar-refractivity contribution in [3.63, 3.8) is 0 Å². The third-order valence-electron chi connectivity index (χ3n) is 3.88. The molecule has 0 bridgehead atoms. The zero-order valence-corrected chi connectivity index (χ0v) is 16.6. The van der Waals surface area contributed by atoms with E-state index in [1.807, 2.05) is 17.0 Å². The Morgan fingerprint density at radius 1 is 1.08 bits per heavy atom. The first kappa shape index (κ1) is 21.8. The Morgan fingerprint density at radius 2 is 1.76 bits per heavy atom. The summed E-state index contributed by atoms with van der Waals surface area (Å²) in [5.74, 6) is 0.102. The summed E-state index contributed by atoms with van der Waals surface area (Å²) in [6.45, 7) is 6.22. The van der Waals surface area contributed by atoms with Crippen LogP contribution in [0.3, 0.4) is 0 Å². The van der Waals surface area contributed by atoms with Gasteiger partial charge >= 0.3 is 0 Å². The lowest BCUT2D eigenvalue weighted by molar-refractivity contribution is -0.131. The Kier molecular flexibility index (Phi) is 10.6. The molecule has 0 atom stereocenters. The normalized spacial score (nSPS) is 10.6. The van der Waals surface area contributed by atoms with Crippen molar-refractivity contribution in [2.75, 3.05) is 19.6 Å². The summed E-state index contributed by atoms with van der Waals surface area (Å²) in [7, 11) is 0. The lowest BCUT2D eigenvalue weighted by atomic mass is 10.1. The Morgan fingerprint density at radius 3 is 2.40 bits per heavy atom. The Hall–Kier alpha value is -1.26. The van der Waals surface area contributed by atoms with Gasteiger partial charge in [0.25, 0.3) is 0 Å². The quantitative estimate of drug-likeness (QED) is 0.609. The number of rotatable bonds is 11. The lowest BCUT2D eigenvalue weighted by Gasteiger charge is -2.21. The molecule has 1 N–H and O–H groups in total. The Bertz CT molecular complexity index is 558. The van der Waals surface area contributed by atoms with Crippen LogP contribution in [0.4, 0.5) is 0 Å². The fraction of sp³-hybridized carbons (Fsp3) is 0.579. The first-order chi connectivity index (χ1) is 12.0. The molecule has 0 aliphatic rings. The van der Waals surface area contributed by atoms with Crippen LogP contribution in [0.25, 0.3) is 0 Å². The number of amides is 2. The van der Waals surface area contributed by atoms with Crippen molar-refractivity contribution in [2.24, 2.45) is 0 Å². The molecule has 0 unspecified atom stereocenters. The lowest BCUT2D eigenvalue weighted by Crippen LogP contribution is -2.32. The predicted octanol–water partition coefficient (Wildman–Crippen LogP) is 4.47. The van der Waals surface area contributed by atoms with Crippen molar-refractivity contribution in [3.8, 4) is 0 Å². The maximum atomic E-state index is 12.1. The molecule has 1 aromatic rings. The van der Waals surface area contributed by atoms with E-state index < -0.39 is 0 Å². The van der Waals surface area contributed by atoms with Crippen LogP contribution in [0.15, 0.2) is 18.2 Å². The number of halogens is 2. The zero-order valence-electron chi connectivity index (χ0n) is 15.1. The van der Waals surface area contributed by atoms with Crippen LogP contribution in [0, 0.1) is 0 Å². The van der Waals surface area contributed by atoms with Crippen LogP contribution in [0.2, 0.25) is 10.0 Å². The van der Waals surface area contributed by atoms with Gasteiger partial charge in [0.15, 0.2) is 0 Å². The molecule has 1 aromatic carbocycles. The number of benzene rings is 1. The van der Waals surface area contributed by atoms with Crippen molar-refractivity contribution in [3.05, 3.63) is 33.8 Å². The molecule has 0 radical (unpaired) electrons. The van der Waals surface area contributed by atoms with E-state index in [0.29, 0.717) is 42.3 Å². The summed E-state index contributed by atoms with van der Waals surface area (Å²) in [4.78, 5) is 25.9. The predicted molar refractivity (Wildman–Crippen MR) is 104 cm³/mol. The fourth-order valence-corrected chi connectivity index (χ4v) is 3.04. The number of nitrogens with zero attached hydrogens (tertiary/aromatic N) is 1. The average Bonchev–Trinajstić information content (AvgIpc) is 2.58. The standard InChI is InChI=1S/C19H28Cl2N2O2/c1-3-13-23(14-4-2)18(25)10-6-9-17(24)22-12-11-15-7-5-8-16(20)19(15)21/h5,7-8H,3-4,6,9-14H2,1-2H3,(H,22,24). The molecule has 0 spiro atoms. The topological polar surface area (TPSA) is 49.4 Å². The summed E-state index contributed by atoms with van der Waals surface area (Å²) in [5, 5.41) is 3.92. The molecule has 0 saturated heterocycles. The van der Waals surface area contributed by atoms with Gasteiger partial charge in [0.2, 0.25) is 11.8 Å². The molecule has 1 rings (SSSR count). The van der Waals surface area contributed by atoms with Crippen LogP contribution < -0.4 is 5.32 Å². The molecule has 0 aliphatic heterocycles. The molecule has 2 amide bonds. The van der Waals surface area contributed by atoms with E-state index in [9.17, 15) is 9.59 Å².